The molecule has 0 radical (unpaired) electrons. The Labute approximate surface area is 118 Å². The van der Waals surface area contributed by atoms with Gasteiger partial charge >= 0.3 is 5.97 Å². The van der Waals surface area contributed by atoms with E-state index in [1.165, 1.54) is 38.5 Å². The first-order chi connectivity index (χ1) is 9.65. The number of rotatable bonds is 4. The molecule has 2 unspecified atom stereocenters. The largest absolute Gasteiger partial charge is 0.478 e. The molecule has 2 aliphatic rings. The quantitative estimate of drug-likeness (QED) is 0.854. The molecule has 0 amide bonds. The smallest absolute Gasteiger partial charge is 0.339 e. The summed E-state index contributed by atoms with van der Waals surface area (Å²) in [5.41, 5.74) is 1.06. The first kappa shape index (κ1) is 13.6. The molecule has 1 aromatic heterocycles. The minimum atomic E-state index is -0.902. The zero-order valence-electron chi connectivity index (χ0n) is 11.9. The van der Waals surface area contributed by atoms with Gasteiger partial charge in [0.25, 0.3) is 0 Å². The van der Waals surface area contributed by atoms with Crippen molar-refractivity contribution < 1.29 is 9.90 Å². The maximum absolute atomic E-state index is 11.1. The van der Waals surface area contributed by atoms with E-state index in [2.05, 4.69) is 15.3 Å². The molecule has 0 saturated carbocycles. The molecule has 0 aliphatic carbocycles. The lowest BCUT2D eigenvalue weighted by Gasteiger charge is -2.35. The molecule has 0 spiro atoms. The van der Waals surface area contributed by atoms with Crippen molar-refractivity contribution in [2.24, 2.45) is 7.05 Å². The van der Waals surface area contributed by atoms with Crippen LogP contribution in [0.25, 0.3) is 0 Å². The second-order valence-electron chi connectivity index (χ2n) is 5.87. The maximum atomic E-state index is 11.1. The molecule has 2 atom stereocenters. The Bertz CT molecular complexity index is 499. The summed E-state index contributed by atoms with van der Waals surface area (Å²) in [6.07, 6.45) is 6.39. The molecule has 3 rings (SSSR count). The second kappa shape index (κ2) is 5.54. The van der Waals surface area contributed by atoms with Gasteiger partial charge in [-0.25, -0.2) is 4.79 Å². The lowest BCUT2D eigenvalue weighted by Crippen LogP contribution is -2.45. The Morgan fingerprint density at radius 1 is 1.50 bits per heavy atom. The van der Waals surface area contributed by atoms with Gasteiger partial charge in [-0.05, 0) is 38.8 Å². The first-order valence-electron chi connectivity index (χ1n) is 7.36. The van der Waals surface area contributed by atoms with Gasteiger partial charge in [0, 0.05) is 25.7 Å². The van der Waals surface area contributed by atoms with Crippen molar-refractivity contribution in [1.29, 1.82) is 0 Å². The Hall–Kier alpha value is -1.40. The van der Waals surface area contributed by atoms with Crippen LogP contribution in [0.2, 0.25) is 0 Å². The van der Waals surface area contributed by atoms with Crippen LogP contribution in [-0.2, 0) is 13.6 Å². The van der Waals surface area contributed by atoms with E-state index in [1.54, 1.807) is 11.7 Å². The number of piperidine rings is 1. The van der Waals surface area contributed by atoms with Gasteiger partial charge in [0.1, 0.15) is 5.56 Å². The third kappa shape index (κ3) is 2.58. The molecule has 0 bridgehead atoms. The van der Waals surface area contributed by atoms with Crippen LogP contribution in [0.3, 0.4) is 0 Å². The Morgan fingerprint density at radius 3 is 3.15 bits per heavy atom. The van der Waals surface area contributed by atoms with Gasteiger partial charge in [-0.3, -0.25) is 4.68 Å². The number of carbonyl (C=O) groups is 1. The van der Waals surface area contributed by atoms with Crippen molar-refractivity contribution in [1.82, 2.24) is 20.0 Å². The van der Waals surface area contributed by atoms with Crippen molar-refractivity contribution >= 4 is 5.97 Å². The van der Waals surface area contributed by atoms with Crippen LogP contribution in [0.5, 0.6) is 0 Å². The lowest BCUT2D eigenvalue weighted by atomic mass is 9.97. The first-order valence-corrected chi connectivity index (χ1v) is 7.36. The zero-order valence-corrected chi connectivity index (χ0v) is 11.9. The molecule has 2 fully saturated rings. The van der Waals surface area contributed by atoms with E-state index in [1.807, 2.05) is 0 Å². The van der Waals surface area contributed by atoms with Gasteiger partial charge in [-0.2, -0.15) is 5.10 Å². The van der Waals surface area contributed by atoms with Crippen molar-refractivity contribution in [2.45, 2.75) is 44.3 Å². The number of aryl methyl sites for hydroxylation is 1. The summed E-state index contributed by atoms with van der Waals surface area (Å²) in [5.74, 6) is -0.902. The molecule has 2 saturated heterocycles. The molecule has 6 nitrogen and oxygen atoms in total. The van der Waals surface area contributed by atoms with Crippen molar-refractivity contribution in [2.75, 3.05) is 13.1 Å². The van der Waals surface area contributed by atoms with Crippen molar-refractivity contribution in [3.05, 3.63) is 17.5 Å². The molecule has 6 heteroatoms. The molecule has 0 aromatic carbocycles. The number of aromatic nitrogens is 2. The summed E-state index contributed by atoms with van der Waals surface area (Å²) in [6, 6.07) is 1.22. The summed E-state index contributed by atoms with van der Waals surface area (Å²) in [5, 5.41) is 16.7. The van der Waals surface area contributed by atoms with E-state index in [9.17, 15) is 4.79 Å². The molecule has 2 N–H and O–H groups in total. The van der Waals surface area contributed by atoms with E-state index in [4.69, 9.17) is 5.11 Å². The fraction of sp³-hybridized carbons (Fsp3) is 0.714. The SMILES string of the molecule is Cn1ncc(C(=O)O)c1CNC1CCN2CCCC2C1. The number of fused-ring (bicyclic) bond motifs is 1. The summed E-state index contributed by atoms with van der Waals surface area (Å²) < 4.78 is 1.65. The van der Waals surface area contributed by atoms with Gasteiger partial charge < -0.3 is 15.3 Å². The van der Waals surface area contributed by atoms with Crippen LogP contribution in [-0.4, -0.2) is 50.9 Å². The Balaban J connectivity index is 1.60. The fourth-order valence-electron chi connectivity index (χ4n) is 3.50. The molecular weight excluding hydrogens is 256 g/mol. The predicted molar refractivity (Wildman–Crippen MR) is 74.6 cm³/mol. The third-order valence-corrected chi connectivity index (χ3v) is 4.67. The van der Waals surface area contributed by atoms with Crippen molar-refractivity contribution in [3.8, 4) is 0 Å². The summed E-state index contributed by atoms with van der Waals surface area (Å²) >= 11 is 0. The lowest BCUT2D eigenvalue weighted by molar-refractivity contribution is 0.0695. The van der Waals surface area contributed by atoms with Gasteiger partial charge in [-0.15, -0.1) is 0 Å². The van der Waals surface area contributed by atoms with Crippen LogP contribution >= 0.6 is 0 Å². The highest BCUT2D eigenvalue weighted by Gasteiger charge is 2.31. The number of carboxylic acid groups (broad SMARTS) is 1. The van der Waals surface area contributed by atoms with Gasteiger partial charge in [0.2, 0.25) is 0 Å². The van der Waals surface area contributed by atoms with Gasteiger partial charge in [0.05, 0.1) is 11.9 Å². The molecular formula is C14H22N4O2. The third-order valence-electron chi connectivity index (χ3n) is 4.67. The maximum Gasteiger partial charge on any atom is 0.339 e. The van der Waals surface area contributed by atoms with Crippen molar-refractivity contribution in [3.63, 3.8) is 0 Å². The van der Waals surface area contributed by atoms with Crippen LogP contribution in [0.1, 0.15) is 41.7 Å². The summed E-state index contributed by atoms with van der Waals surface area (Å²) in [6.45, 7) is 3.00. The van der Waals surface area contributed by atoms with E-state index in [-0.39, 0.29) is 0 Å². The van der Waals surface area contributed by atoms with E-state index in [0.717, 1.165) is 18.2 Å². The number of hydrogen-bond donors (Lipinski definition) is 2. The number of nitrogens with zero attached hydrogens (tertiary/aromatic N) is 3. The molecule has 20 heavy (non-hydrogen) atoms. The predicted octanol–water partition coefficient (Wildman–Crippen LogP) is 0.835. The standard InChI is InChI=1S/C14H22N4O2/c1-17-13(12(8-16-17)14(19)20)9-15-10-4-6-18-5-2-3-11(18)7-10/h8,10-11,15H,2-7,9H2,1H3,(H,19,20). The number of aromatic carboxylic acids is 1. The van der Waals surface area contributed by atoms with Crippen LogP contribution < -0.4 is 5.32 Å². The molecule has 1 aromatic rings. The minimum Gasteiger partial charge on any atom is -0.478 e. The van der Waals surface area contributed by atoms with Gasteiger partial charge in [-0.1, -0.05) is 0 Å². The molecule has 110 valence electrons. The van der Waals surface area contributed by atoms with Crippen LogP contribution in [0.4, 0.5) is 0 Å². The highest BCUT2D eigenvalue weighted by atomic mass is 16.4. The average Bonchev–Trinajstić information content (AvgIpc) is 3.02. The Kier molecular flexibility index (Phi) is 3.76. The van der Waals surface area contributed by atoms with E-state index < -0.39 is 5.97 Å². The fourth-order valence-corrected chi connectivity index (χ4v) is 3.50. The number of carboxylic acids is 1. The molecule has 3 heterocycles. The Morgan fingerprint density at radius 2 is 2.35 bits per heavy atom. The normalized spacial score (nSPS) is 26.6. The monoisotopic (exact) mass is 278 g/mol. The van der Waals surface area contributed by atoms with Gasteiger partial charge in [0.15, 0.2) is 0 Å². The second-order valence-corrected chi connectivity index (χ2v) is 5.87. The topological polar surface area (TPSA) is 70.4 Å². The number of nitrogens with one attached hydrogen (secondary N) is 1. The van der Waals surface area contributed by atoms with Crippen LogP contribution in [0.15, 0.2) is 6.20 Å². The highest BCUT2D eigenvalue weighted by Crippen LogP contribution is 2.27. The summed E-state index contributed by atoms with van der Waals surface area (Å²) in [7, 11) is 1.79. The van der Waals surface area contributed by atoms with E-state index in [0.29, 0.717) is 18.2 Å². The number of hydrogen-bond acceptors (Lipinski definition) is 4. The van der Waals surface area contributed by atoms with Crippen LogP contribution in [0, 0.1) is 0 Å². The highest BCUT2D eigenvalue weighted by molar-refractivity contribution is 5.88. The zero-order chi connectivity index (χ0) is 14.1. The van der Waals surface area contributed by atoms with E-state index >= 15 is 0 Å². The minimum absolute atomic E-state index is 0.304. The summed E-state index contributed by atoms with van der Waals surface area (Å²) in [4.78, 5) is 13.7. The average molecular weight is 278 g/mol. The molecule has 2 aliphatic heterocycles.